The molecule has 1 heterocycles. The van der Waals surface area contributed by atoms with Gasteiger partial charge in [-0.05, 0) is 26.8 Å². The summed E-state index contributed by atoms with van der Waals surface area (Å²) < 4.78 is 0. The number of aliphatic hydroxyl groups excluding tert-OH is 1. The Hall–Kier alpha value is -0.860. The van der Waals surface area contributed by atoms with E-state index in [0.29, 0.717) is 0 Å². The Labute approximate surface area is 99.7 Å². The third-order valence-electron chi connectivity index (χ3n) is 2.25. The van der Waals surface area contributed by atoms with E-state index in [1.54, 1.807) is 0 Å². The lowest BCUT2D eigenvalue weighted by atomic mass is 10.2. The van der Waals surface area contributed by atoms with Crippen LogP contribution in [0.5, 0.6) is 0 Å². The van der Waals surface area contributed by atoms with E-state index in [-0.39, 0.29) is 6.10 Å². The average Bonchev–Trinajstić information content (AvgIpc) is 2.77. The first-order chi connectivity index (χ1) is 7.68. The van der Waals surface area contributed by atoms with E-state index in [4.69, 9.17) is 5.11 Å². The maximum Gasteiger partial charge on any atom is 0.0676 e. The molecule has 16 heavy (non-hydrogen) atoms. The van der Waals surface area contributed by atoms with E-state index in [2.05, 4.69) is 43.4 Å². The van der Waals surface area contributed by atoms with Crippen LogP contribution in [-0.2, 0) is 0 Å². The minimum Gasteiger partial charge on any atom is -0.392 e. The van der Waals surface area contributed by atoms with Gasteiger partial charge in [0.25, 0.3) is 0 Å². The standard InChI is InChI=1S/C8H10.C4H9NO.C2H6/c1-7-3-5-8(2)6-4-7;6-4-1-2-5-3-4;1-2/h3-6H,1-2H3;4-6H,1-3H2;1-2H3. The van der Waals surface area contributed by atoms with Crippen LogP contribution < -0.4 is 5.32 Å². The predicted octanol–water partition coefficient (Wildman–Crippen LogP) is 2.67. The molecule has 1 aromatic rings. The van der Waals surface area contributed by atoms with E-state index in [9.17, 15) is 0 Å². The molecular weight excluding hydrogens is 198 g/mol. The van der Waals surface area contributed by atoms with Gasteiger partial charge in [-0.3, -0.25) is 0 Å². The predicted molar refractivity (Wildman–Crippen MR) is 70.8 cm³/mol. The van der Waals surface area contributed by atoms with Crippen molar-refractivity contribution in [2.24, 2.45) is 0 Å². The molecule has 0 spiro atoms. The van der Waals surface area contributed by atoms with Crippen molar-refractivity contribution in [2.45, 2.75) is 40.2 Å². The summed E-state index contributed by atoms with van der Waals surface area (Å²) in [5.74, 6) is 0. The molecule has 1 saturated heterocycles. The summed E-state index contributed by atoms with van der Waals surface area (Å²) in [6.45, 7) is 9.97. The number of aliphatic hydroxyl groups is 1. The first-order valence-corrected chi connectivity index (χ1v) is 6.10. The number of nitrogens with one attached hydrogen (secondary N) is 1. The summed E-state index contributed by atoms with van der Waals surface area (Å²) in [6.07, 6.45) is 0.866. The molecule has 1 fully saturated rings. The zero-order chi connectivity index (χ0) is 12.4. The molecule has 0 radical (unpaired) electrons. The van der Waals surface area contributed by atoms with Gasteiger partial charge in [-0.1, -0.05) is 49.2 Å². The molecule has 0 aromatic heterocycles. The molecule has 0 saturated carbocycles. The van der Waals surface area contributed by atoms with Crippen molar-refractivity contribution < 1.29 is 5.11 Å². The smallest absolute Gasteiger partial charge is 0.0676 e. The van der Waals surface area contributed by atoms with Crippen LogP contribution in [0, 0.1) is 13.8 Å². The zero-order valence-corrected chi connectivity index (χ0v) is 11.0. The van der Waals surface area contributed by atoms with Crippen LogP contribution in [0.4, 0.5) is 0 Å². The number of β-amino-alcohol motifs (C(OH)–C–C–N with tert-alkyl or cyclic N) is 1. The van der Waals surface area contributed by atoms with Gasteiger partial charge < -0.3 is 10.4 Å². The molecule has 1 aromatic carbocycles. The highest BCUT2D eigenvalue weighted by Gasteiger charge is 2.08. The minimum atomic E-state index is -0.0648. The zero-order valence-electron chi connectivity index (χ0n) is 11.0. The van der Waals surface area contributed by atoms with Crippen molar-refractivity contribution in [1.82, 2.24) is 5.32 Å². The molecular formula is C14H25NO. The Bertz CT molecular complexity index is 229. The first-order valence-electron chi connectivity index (χ1n) is 6.10. The van der Waals surface area contributed by atoms with Crippen molar-refractivity contribution >= 4 is 0 Å². The van der Waals surface area contributed by atoms with Crippen LogP contribution in [0.2, 0.25) is 0 Å². The van der Waals surface area contributed by atoms with Crippen LogP contribution in [0.1, 0.15) is 31.4 Å². The normalized spacial score (nSPS) is 17.9. The Morgan fingerprint density at radius 1 is 1.06 bits per heavy atom. The fraction of sp³-hybridized carbons (Fsp3) is 0.571. The van der Waals surface area contributed by atoms with E-state index >= 15 is 0 Å². The van der Waals surface area contributed by atoms with Gasteiger partial charge in [0.15, 0.2) is 0 Å². The van der Waals surface area contributed by atoms with Gasteiger partial charge in [-0.2, -0.15) is 0 Å². The summed E-state index contributed by atoms with van der Waals surface area (Å²) in [4.78, 5) is 0. The van der Waals surface area contributed by atoms with Gasteiger partial charge in [0.1, 0.15) is 0 Å². The Balaban J connectivity index is 0.000000251. The third kappa shape index (κ3) is 7.43. The van der Waals surface area contributed by atoms with Crippen molar-refractivity contribution in [3.05, 3.63) is 35.4 Å². The second kappa shape index (κ2) is 9.37. The number of hydrogen-bond acceptors (Lipinski definition) is 2. The molecule has 1 aliphatic rings. The van der Waals surface area contributed by atoms with E-state index < -0.39 is 0 Å². The molecule has 2 N–H and O–H groups in total. The molecule has 1 unspecified atom stereocenters. The number of aryl methyl sites for hydroxylation is 2. The summed E-state index contributed by atoms with van der Waals surface area (Å²) in [5.41, 5.74) is 2.66. The number of hydrogen-bond donors (Lipinski definition) is 2. The summed E-state index contributed by atoms with van der Waals surface area (Å²) in [7, 11) is 0. The lowest BCUT2D eigenvalue weighted by Crippen LogP contribution is -2.11. The lowest BCUT2D eigenvalue weighted by molar-refractivity contribution is 0.196. The van der Waals surface area contributed by atoms with Crippen LogP contribution >= 0.6 is 0 Å². The molecule has 0 bridgehead atoms. The largest absolute Gasteiger partial charge is 0.392 e. The Morgan fingerprint density at radius 2 is 1.50 bits per heavy atom. The van der Waals surface area contributed by atoms with Crippen molar-refractivity contribution in [2.75, 3.05) is 13.1 Å². The minimum absolute atomic E-state index is 0.0648. The Morgan fingerprint density at radius 3 is 1.69 bits per heavy atom. The van der Waals surface area contributed by atoms with E-state index in [0.717, 1.165) is 19.5 Å². The van der Waals surface area contributed by atoms with Crippen LogP contribution in [0.15, 0.2) is 24.3 Å². The molecule has 0 amide bonds. The molecule has 1 aliphatic heterocycles. The highest BCUT2D eigenvalue weighted by atomic mass is 16.3. The van der Waals surface area contributed by atoms with Crippen LogP contribution in [0.3, 0.4) is 0 Å². The second-order valence-electron chi connectivity index (χ2n) is 3.80. The maximum atomic E-state index is 8.67. The van der Waals surface area contributed by atoms with Gasteiger partial charge in [-0.15, -0.1) is 0 Å². The SMILES string of the molecule is CC.Cc1ccc(C)cc1.OC1CCNC1. The van der Waals surface area contributed by atoms with E-state index in [1.807, 2.05) is 13.8 Å². The van der Waals surface area contributed by atoms with Crippen molar-refractivity contribution in [3.63, 3.8) is 0 Å². The first kappa shape index (κ1) is 15.1. The summed E-state index contributed by atoms with van der Waals surface area (Å²) in [6, 6.07) is 8.48. The number of benzene rings is 1. The van der Waals surface area contributed by atoms with Crippen molar-refractivity contribution in [3.8, 4) is 0 Å². The highest BCUT2D eigenvalue weighted by molar-refractivity contribution is 5.19. The van der Waals surface area contributed by atoms with Gasteiger partial charge in [0.05, 0.1) is 6.10 Å². The molecule has 2 nitrogen and oxygen atoms in total. The summed E-state index contributed by atoms with van der Waals surface area (Å²) >= 11 is 0. The monoisotopic (exact) mass is 223 g/mol. The number of rotatable bonds is 0. The van der Waals surface area contributed by atoms with Crippen LogP contribution in [0.25, 0.3) is 0 Å². The Kier molecular flexibility index (Phi) is 8.87. The second-order valence-corrected chi connectivity index (χ2v) is 3.80. The fourth-order valence-corrected chi connectivity index (χ4v) is 1.28. The topological polar surface area (TPSA) is 32.3 Å². The maximum absolute atomic E-state index is 8.67. The van der Waals surface area contributed by atoms with Crippen molar-refractivity contribution in [1.29, 1.82) is 0 Å². The van der Waals surface area contributed by atoms with Gasteiger partial charge >= 0.3 is 0 Å². The molecule has 0 aliphatic carbocycles. The molecule has 2 heteroatoms. The van der Waals surface area contributed by atoms with Gasteiger partial charge in [0.2, 0.25) is 0 Å². The third-order valence-corrected chi connectivity index (χ3v) is 2.25. The van der Waals surface area contributed by atoms with Gasteiger partial charge in [-0.25, -0.2) is 0 Å². The quantitative estimate of drug-likeness (QED) is 0.709. The molecule has 2 rings (SSSR count). The van der Waals surface area contributed by atoms with Crippen LogP contribution in [-0.4, -0.2) is 24.3 Å². The highest BCUT2D eigenvalue weighted by Crippen LogP contribution is 1.99. The average molecular weight is 223 g/mol. The fourth-order valence-electron chi connectivity index (χ4n) is 1.28. The summed E-state index contributed by atoms with van der Waals surface area (Å²) in [5, 5.41) is 11.7. The molecule has 1 atom stereocenters. The lowest BCUT2D eigenvalue weighted by Gasteiger charge is -1.90. The van der Waals surface area contributed by atoms with Gasteiger partial charge in [0, 0.05) is 6.54 Å². The molecule has 92 valence electrons. The van der Waals surface area contributed by atoms with E-state index in [1.165, 1.54) is 11.1 Å².